The van der Waals surface area contributed by atoms with Crippen molar-refractivity contribution in [3.8, 4) is 5.75 Å². The number of benzene rings is 2. The second-order valence-corrected chi connectivity index (χ2v) is 8.43. The van der Waals surface area contributed by atoms with Gasteiger partial charge in [0, 0.05) is 29.5 Å². The lowest BCUT2D eigenvalue weighted by Crippen LogP contribution is -2.21. The smallest absolute Gasteiger partial charge is 0.291 e. The van der Waals surface area contributed by atoms with Gasteiger partial charge < -0.3 is 19.4 Å². The first-order chi connectivity index (χ1) is 15.3. The molecule has 1 N–H and O–H groups in total. The van der Waals surface area contributed by atoms with E-state index in [4.69, 9.17) is 20.8 Å². The summed E-state index contributed by atoms with van der Waals surface area (Å²) in [6, 6.07) is 15.1. The maximum Gasteiger partial charge on any atom is 0.291 e. The normalized spacial score (nSPS) is 11.0. The summed E-state index contributed by atoms with van der Waals surface area (Å²) in [5, 5.41) is 3.60. The minimum absolute atomic E-state index is 0.229. The Morgan fingerprint density at radius 3 is 2.41 bits per heavy atom. The lowest BCUT2D eigenvalue weighted by Gasteiger charge is -2.21. The highest BCUT2D eigenvalue weighted by atomic mass is 35.5. The van der Waals surface area contributed by atoms with Gasteiger partial charge in [-0.2, -0.15) is 0 Å². The summed E-state index contributed by atoms with van der Waals surface area (Å²) >= 11 is 6.27. The monoisotopic (exact) mass is 454 g/mol. The summed E-state index contributed by atoms with van der Waals surface area (Å²) in [4.78, 5) is 14.8. The molecule has 0 aliphatic carbocycles. The Labute approximate surface area is 195 Å². The Kier molecular flexibility index (Phi) is 7.86. The van der Waals surface area contributed by atoms with E-state index in [1.165, 1.54) is 0 Å². The fraction of sp³-hybridized carbons (Fsp3) is 0.346. The molecule has 0 fully saturated rings. The van der Waals surface area contributed by atoms with Crippen molar-refractivity contribution in [1.29, 1.82) is 0 Å². The van der Waals surface area contributed by atoms with E-state index in [2.05, 4.69) is 37.9 Å². The summed E-state index contributed by atoms with van der Waals surface area (Å²) < 4.78 is 11.7. The van der Waals surface area contributed by atoms with Crippen molar-refractivity contribution >= 4 is 28.9 Å². The van der Waals surface area contributed by atoms with Gasteiger partial charge in [0.05, 0.1) is 0 Å². The summed E-state index contributed by atoms with van der Waals surface area (Å²) in [7, 11) is 0. The Morgan fingerprint density at radius 1 is 1.09 bits per heavy atom. The molecule has 0 unspecified atom stereocenters. The number of amides is 1. The van der Waals surface area contributed by atoms with Gasteiger partial charge in [-0.25, -0.2) is 0 Å². The maximum atomic E-state index is 12.6. The zero-order valence-electron chi connectivity index (χ0n) is 19.4. The van der Waals surface area contributed by atoms with Crippen molar-refractivity contribution in [2.24, 2.45) is 0 Å². The standard InChI is InChI=1S/C26H31ClN2O3/c1-6-29(7-2)20-10-8-19(9-11-20)28-26(30)24-13-12-21(32-24)16-31-25-14-18(5)23(27)15-22(25)17(3)4/h8-15,17H,6-7,16H2,1-5H3,(H,28,30). The first-order valence-corrected chi connectivity index (χ1v) is 11.4. The van der Waals surface area contributed by atoms with Crippen LogP contribution in [0, 0.1) is 6.92 Å². The number of aryl methyl sites for hydroxylation is 1. The molecule has 1 aromatic heterocycles. The van der Waals surface area contributed by atoms with Gasteiger partial charge in [0.25, 0.3) is 5.91 Å². The van der Waals surface area contributed by atoms with E-state index in [1.807, 2.05) is 43.3 Å². The van der Waals surface area contributed by atoms with Gasteiger partial charge in [0.15, 0.2) is 5.76 Å². The molecule has 5 nitrogen and oxygen atoms in total. The van der Waals surface area contributed by atoms with Crippen molar-refractivity contribution in [3.63, 3.8) is 0 Å². The van der Waals surface area contributed by atoms with Crippen molar-refractivity contribution in [2.45, 2.75) is 47.1 Å². The van der Waals surface area contributed by atoms with E-state index in [-0.39, 0.29) is 24.2 Å². The van der Waals surface area contributed by atoms with Gasteiger partial charge in [-0.3, -0.25) is 4.79 Å². The third kappa shape index (κ3) is 5.65. The largest absolute Gasteiger partial charge is 0.485 e. The number of furan rings is 1. The van der Waals surface area contributed by atoms with Gasteiger partial charge in [0.2, 0.25) is 0 Å². The molecule has 0 aliphatic heterocycles. The zero-order chi connectivity index (χ0) is 23.3. The summed E-state index contributed by atoms with van der Waals surface area (Å²) in [5.74, 6) is 1.57. The van der Waals surface area contributed by atoms with Crippen LogP contribution in [0.1, 0.15) is 61.1 Å². The SMILES string of the molecule is CCN(CC)c1ccc(NC(=O)c2ccc(COc3cc(C)c(Cl)cc3C(C)C)o2)cc1. The molecular formula is C26H31ClN2O3. The van der Waals surface area contributed by atoms with Crippen LogP contribution in [-0.2, 0) is 6.61 Å². The van der Waals surface area contributed by atoms with Gasteiger partial charge in [0.1, 0.15) is 18.1 Å². The van der Waals surface area contributed by atoms with Crippen molar-refractivity contribution in [3.05, 3.63) is 76.2 Å². The van der Waals surface area contributed by atoms with Crippen molar-refractivity contribution in [2.75, 3.05) is 23.3 Å². The quantitative estimate of drug-likeness (QED) is 0.376. The molecule has 6 heteroatoms. The van der Waals surface area contributed by atoms with Crippen LogP contribution >= 0.6 is 11.6 Å². The third-order valence-corrected chi connectivity index (χ3v) is 5.83. The van der Waals surface area contributed by atoms with Crippen LogP contribution in [0.5, 0.6) is 5.75 Å². The Bertz CT molecular complexity index is 1050. The van der Waals surface area contributed by atoms with Crippen molar-refractivity contribution in [1.82, 2.24) is 0 Å². The molecule has 3 rings (SSSR count). The molecule has 0 aliphatic rings. The highest BCUT2D eigenvalue weighted by molar-refractivity contribution is 6.31. The lowest BCUT2D eigenvalue weighted by molar-refractivity contribution is 0.0992. The average molecular weight is 455 g/mol. The van der Waals surface area contributed by atoms with Crippen molar-refractivity contribution < 1.29 is 13.9 Å². The zero-order valence-corrected chi connectivity index (χ0v) is 20.1. The van der Waals surface area contributed by atoms with Crippen LogP contribution in [-0.4, -0.2) is 19.0 Å². The van der Waals surface area contributed by atoms with Crippen LogP contribution < -0.4 is 15.0 Å². The molecule has 170 valence electrons. The second kappa shape index (κ2) is 10.6. The third-order valence-electron chi connectivity index (χ3n) is 5.42. The second-order valence-electron chi connectivity index (χ2n) is 8.02. The number of rotatable bonds is 9. The van der Waals surface area contributed by atoms with Crippen LogP contribution in [0.15, 0.2) is 52.9 Å². The van der Waals surface area contributed by atoms with E-state index in [0.29, 0.717) is 5.76 Å². The Morgan fingerprint density at radius 2 is 1.78 bits per heavy atom. The molecule has 0 saturated carbocycles. The molecule has 3 aromatic rings. The first kappa shape index (κ1) is 23.7. The Hall–Kier alpha value is -2.92. The molecule has 1 heterocycles. The molecule has 0 radical (unpaired) electrons. The molecule has 0 bridgehead atoms. The summed E-state index contributed by atoms with van der Waals surface area (Å²) in [6.07, 6.45) is 0. The highest BCUT2D eigenvalue weighted by Gasteiger charge is 2.15. The van der Waals surface area contributed by atoms with Crippen LogP contribution in [0.2, 0.25) is 5.02 Å². The van der Waals surface area contributed by atoms with E-state index < -0.39 is 0 Å². The predicted octanol–water partition coefficient (Wildman–Crippen LogP) is 7.04. The average Bonchev–Trinajstić information content (AvgIpc) is 3.25. The fourth-order valence-electron chi connectivity index (χ4n) is 3.51. The number of anilines is 2. The van der Waals surface area contributed by atoms with E-state index in [9.17, 15) is 4.79 Å². The van der Waals surface area contributed by atoms with Gasteiger partial charge in [-0.15, -0.1) is 0 Å². The van der Waals surface area contributed by atoms with Gasteiger partial charge in [-0.05, 0) is 86.3 Å². The number of hydrogen-bond donors (Lipinski definition) is 1. The molecule has 0 atom stereocenters. The number of nitrogens with one attached hydrogen (secondary N) is 1. The number of nitrogens with zero attached hydrogens (tertiary/aromatic N) is 1. The number of halogens is 1. The molecule has 1 amide bonds. The van der Waals surface area contributed by atoms with E-state index in [0.717, 1.165) is 46.4 Å². The highest BCUT2D eigenvalue weighted by Crippen LogP contribution is 2.32. The van der Waals surface area contributed by atoms with E-state index >= 15 is 0 Å². The van der Waals surface area contributed by atoms with Gasteiger partial charge in [-0.1, -0.05) is 25.4 Å². The molecular weight excluding hydrogens is 424 g/mol. The molecule has 32 heavy (non-hydrogen) atoms. The Balaban J connectivity index is 1.63. The summed E-state index contributed by atoms with van der Waals surface area (Å²) in [5.41, 5.74) is 3.85. The van der Waals surface area contributed by atoms with Crippen LogP contribution in [0.3, 0.4) is 0 Å². The lowest BCUT2D eigenvalue weighted by atomic mass is 10.0. The number of carbonyl (C=O) groups excluding carboxylic acids is 1. The first-order valence-electron chi connectivity index (χ1n) is 11.0. The molecule has 0 saturated heterocycles. The topological polar surface area (TPSA) is 54.7 Å². The van der Waals surface area contributed by atoms with Gasteiger partial charge >= 0.3 is 0 Å². The fourth-order valence-corrected chi connectivity index (χ4v) is 3.68. The van der Waals surface area contributed by atoms with Crippen LogP contribution in [0.25, 0.3) is 0 Å². The maximum absolute atomic E-state index is 12.6. The molecule has 0 spiro atoms. The van der Waals surface area contributed by atoms with E-state index in [1.54, 1.807) is 12.1 Å². The van der Waals surface area contributed by atoms with Crippen LogP contribution in [0.4, 0.5) is 11.4 Å². The summed E-state index contributed by atoms with van der Waals surface area (Å²) in [6.45, 7) is 12.5. The molecule has 2 aromatic carbocycles. The number of hydrogen-bond acceptors (Lipinski definition) is 4. The number of ether oxygens (including phenoxy) is 1. The minimum Gasteiger partial charge on any atom is -0.485 e. The number of carbonyl (C=O) groups is 1. The minimum atomic E-state index is -0.294. The predicted molar refractivity (Wildman–Crippen MR) is 131 cm³/mol.